The second kappa shape index (κ2) is 7.23. The van der Waals surface area contributed by atoms with Crippen molar-refractivity contribution in [2.45, 2.75) is 45.3 Å². The standard InChI is InChI=1S/C20H24N6O3/c1-20(2,3)29-19(27)25-10-4-6-14(25)9-8-13-12-26-18(16(21)22-13)23-17(24-26)15-7-5-11-28-15/h5,7-9,11-12,14H,4,6,10H2,1-3H3,(H2,21,22)/b9-8-/t14-/m0/s1. The van der Waals surface area contributed by atoms with Crippen molar-refractivity contribution in [2.75, 3.05) is 12.3 Å². The molecule has 0 aliphatic carbocycles. The number of rotatable bonds is 3. The third kappa shape index (κ3) is 4.08. The number of aromatic nitrogens is 4. The highest BCUT2D eigenvalue weighted by Crippen LogP contribution is 2.23. The monoisotopic (exact) mass is 396 g/mol. The first kappa shape index (κ1) is 19.0. The molecule has 3 aromatic rings. The maximum atomic E-state index is 12.4. The minimum atomic E-state index is -0.520. The molecule has 29 heavy (non-hydrogen) atoms. The highest BCUT2D eigenvalue weighted by atomic mass is 16.6. The molecule has 1 atom stereocenters. The highest BCUT2D eigenvalue weighted by molar-refractivity contribution is 5.70. The maximum Gasteiger partial charge on any atom is 0.410 e. The van der Waals surface area contributed by atoms with E-state index in [1.54, 1.807) is 34.0 Å². The maximum absolute atomic E-state index is 12.4. The number of hydrogen-bond acceptors (Lipinski definition) is 7. The number of ether oxygens (including phenoxy) is 1. The largest absolute Gasteiger partial charge is 0.461 e. The van der Waals surface area contributed by atoms with E-state index in [2.05, 4.69) is 15.1 Å². The first-order valence-electron chi connectivity index (χ1n) is 9.55. The summed E-state index contributed by atoms with van der Waals surface area (Å²) in [5, 5.41) is 4.41. The number of hydrogen-bond donors (Lipinski definition) is 1. The molecule has 0 spiro atoms. The van der Waals surface area contributed by atoms with E-state index < -0.39 is 5.60 Å². The van der Waals surface area contributed by atoms with Crippen LogP contribution in [0.4, 0.5) is 10.6 Å². The molecule has 1 saturated heterocycles. The number of carbonyl (C=O) groups excluding carboxylic acids is 1. The topological polar surface area (TPSA) is 112 Å². The van der Waals surface area contributed by atoms with Crippen molar-refractivity contribution in [3.8, 4) is 11.6 Å². The fourth-order valence-electron chi connectivity index (χ4n) is 3.27. The quantitative estimate of drug-likeness (QED) is 0.722. The zero-order valence-electron chi connectivity index (χ0n) is 16.7. The van der Waals surface area contributed by atoms with Gasteiger partial charge in [0.15, 0.2) is 17.2 Å². The summed E-state index contributed by atoms with van der Waals surface area (Å²) >= 11 is 0. The van der Waals surface area contributed by atoms with Crippen LogP contribution in [0.25, 0.3) is 23.3 Å². The molecular formula is C20H24N6O3. The van der Waals surface area contributed by atoms with Gasteiger partial charge in [-0.05, 0) is 51.8 Å². The summed E-state index contributed by atoms with van der Waals surface area (Å²) in [6.07, 6.45) is 8.61. The molecule has 4 rings (SSSR count). The van der Waals surface area contributed by atoms with Gasteiger partial charge in [0.2, 0.25) is 5.82 Å². The molecule has 3 aromatic heterocycles. The van der Waals surface area contributed by atoms with Crippen molar-refractivity contribution < 1.29 is 13.9 Å². The molecule has 1 aliphatic heterocycles. The number of fused-ring (bicyclic) bond motifs is 1. The van der Waals surface area contributed by atoms with Crippen molar-refractivity contribution in [3.05, 3.63) is 36.4 Å². The first-order chi connectivity index (χ1) is 13.8. The van der Waals surface area contributed by atoms with Crippen molar-refractivity contribution in [1.29, 1.82) is 0 Å². The summed E-state index contributed by atoms with van der Waals surface area (Å²) in [7, 11) is 0. The van der Waals surface area contributed by atoms with E-state index >= 15 is 0 Å². The summed E-state index contributed by atoms with van der Waals surface area (Å²) in [5.74, 6) is 1.27. The van der Waals surface area contributed by atoms with Gasteiger partial charge in [-0.1, -0.05) is 6.08 Å². The second-order valence-corrected chi connectivity index (χ2v) is 7.97. The molecule has 4 heterocycles. The minimum absolute atomic E-state index is 0.0435. The lowest BCUT2D eigenvalue weighted by Crippen LogP contribution is -2.39. The number of anilines is 1. The average Bonchev–Trinajstić information content (AvgIpc) is 3.37. The third-order valence-corrected chi connectivity index (χ3v) is 4.52. The predicted molar refractivity (Wildman–Crippen MR) is 108 cm³/mol. The molecule has 0 saturated carbocycles. The molecule has 2 N–H and O–H groups in total. The van der Waals surface area contributed by atoms with E-state index in [0.29, 0.717) is 29.5 Å². The van der Waals surface area contributed by atoms with E-state index in [1.807, 2.05) is 32.9 Å². The molecule has 0 aromatic carbocycles. The van der Waals surface area contributed by atoms with Crippen LogP contribution in [0.3, 0.4) is 0 Å². The van der Waals surface area contributed by atoms with Gasteiger partial charge in [-0.3, -0.25) is 0 Å². The molecular weight excluding hydrogens is 372 g/mol. The molecule has 9 heteroatoms. The molecule has 1 amide bonds. The van der Waals surface area contributed by atoms with E-state index in [9.17, 15) is 4.79 Å². The van der Waals surface area contributed by atoms with Crippen molar-refractivity contribution in [1.82, 2.24) is 24.5 Å². The Morgan fingerprint density at radius 2 is 2.21 bits per heavy atom. The van der Waals surface area contributed by atoms with Crippen LogP contribution in [0.5, 0.6) is 0 Å². The average molecular weight is 396 g/mol. The number of carbonyl (C=O) groups is 1. The van der Waals surface area contributed by atoms with Gasteiger partial charge in [-0.25, -0.2) is 19.3 Å². The van der Waals surface area contributed by atoms with Gasteiger partial charge in [0.25, 0.3) is 0 Å². The fraction of sp³-hybridized carbons (Fsp3) is 0.400. The summed E-state index contributed by atoms with van der Waals surface area (Å²) in [4.78, 5) is 22.9. The van der Waals surface area contributed by atoms with Crippen molar-refractivity contribution >= 4 is 23.6 Å². The van der Waals surface area contributed by atoms with Crippen LogP contribution in [0.2, 0.25) is 0 Å². The first-order valence-corrected chi connectivity index (χ1v) is 9.55. The van der Waals surface area contributed by atoms with Crippen molar-refractivity contribution in [2.24, 2.45) is 0 Å². The van der Waals surface area contributed by atoms with Crippen LogP contribution >= 0.6 is 0 Å². The van der Waals surface area contributed by atoms with Gasteiger partial charge in [0, 0.05) is 6.54 Å². The summed E-state index contributed by atoms with van der Waals surface area (Å²) in [6, 6.07) is 3.51. The smallest absolute Gasteiger partial charge is 0.410 e. The van der Waals surface area contributed by atoms with Crippen LogP contribution < -0.4 is 5.73 Å². The Balaban J connectivity index is 1.55. The third-order valence-electron chi connectivity index (χ3n) is 4.52. The number of likely N-dealkylation sites (tertiary alicyclic amines) is 1. The lowest BCUT2D eigenvalue weighted by molar-refractivity contribution is 0.0256. The molecule has 0 radical (unpaired) electrons. The SMILES string of the molecule is CC(C)(C)OC(=O)N1CCC[C@H]1/C=C\c1cn2nc(-c3ccco3)nc2c(N)n1. The fourth-order valence-corrected chi connectivity index (χ4v) is 3.27. The Labute approximate surface area is 168 Å². The van der Waals surface area contributed by atoms with E-state index in [1.165, 1.54) is 0 Å². The van der Waals surface area contributed by atoms with Crippen LogP contribution in [0.1, 0.15) is 39.3 Å². The lowest BCUT2D eigenvalue weighted by Gasteiger charge is -2.27. The van der Waals surface area contributed by atoms with Gasteiger partial charge in [-0.2, -0.15) is 0 Å². The van der Waals surface area contributed by atoms with Gasteiger partial charge in [0.1, 0.15) is 5.60 Å². The molecule has 0 unspecified atom stereocenters. The van der Waals surface area contributed by atoms with E-state index in [4.69, 9.17) is 14.9 Å². The molecule has 0 bridgehead atoms. The summed E-state index contributed by atoms with van der Waals surface area (Å²) in [6.45, 7) is 6.27. The molecule has 9 nitrogen and oxygen atoms in total. The number of furan rings is 1. The summed E-state index contributed by atoms with van der Waals surface area (Å²) < 4.78 is 12.4. The minimum Gasteiger partial charge on any atom is -0.461 e. The zero-order chi connectivity index (χ0) is 20.6. The van der Waals surface area contributed by atoms with Crippen LogP contribution in [-0.2, 0) is 4.74 Å². The Hall–Kier alpha value is -3.36. The van der Waals surface area contributed by atoms with Gasteiger partial charge in [0.05, 0.1) is 24.2 Å². The number of nitrogens with two attached hydrogens (primary N) is 1. The Morgan fingerprint density at radius 1 is 1.38 bits per heavy atom. The second-order valence-electron chi connectivity index (χ2n) is 7.97. The van der Waals surface area contributed by atoms with Gasteiger partial charge < -0.3 is 19.8 Å². The molecule has 1 aliphatic rings. The number of nitrogen functional groups attached to an aromatic ring is 1. The number of amides is 1. The van der Waals surface area contributed by atoms with E-state index in [0.717, 1.165) is 12.8 Å². The van der Waals surface area contributed by atoms with Gasteiger partial charge >= 0.3 is 6.09 Å². The van der Waals surface area contributed by atoms with Crippen LogP contribution in [0.15, 0.2) is 35.1 Å². The van der Waals surface area contributed by atoms with Crippen molar-refractivity contribution in [3.63, 3.8) is 0 Å². The normalized spacial score (nSPS) is 17.5. The summed E-state index contributed by atoms with van der Waals surface area (Å²) in [5.41, 5.74) is 6.64. The van der Waals surface area contributed by atoms with Crippen LogP contribution in [-0.4, -0.2) is 48.8 Å². The Bertz CT molecular complexity index is 1050. The zero-order valence-corrected chi connectivity index (χ0v) is 16.7. The van der Waals surface area contributed by atoms with Gasteiger partial charge in [-0.15, -0.1) is 5.10 Å². The predicted octanol–water partition coefficient (Wildman–Crippen LogP) is 3.38. The molecule has 1 fully saturated rings. The van der Waals surface area contributed by atoms with E-state index in [-0.39, 0.29) is 18.0 Å². The number of nitrogens with zero attached hydrogens (tertiary/aromatic N) is 5. The Kier molecular flexibility index (Phi) is 4.73. The highest BCUT2D eigenvalue weighted by Gasteiger charge is 2.30. The lowest BCUT2D eigenvalue weighted by atomic mass is 10.2. The van der Waals surface area contributed by atoms with Crippen LogP contribution in [0, 0.1) is 0 Å². The Morgan fingerprint density at radius 3 is 2.93 bits per heavy atom. The molecule has 152 valence electrons.